The number of carbonyl (C=O) groups is 1. The van der Waals surface area contributed by atoms with Crippen LogP contribution in [-0.4, -0.2) is 57.3 Å². The molecule has 2 fully saturated rings. The lowest BCUT2D eigenvalue weighted by atomic mass is 10.1. The molecule has 3 rings (SSSR count). The van der Waals surface area contributed by atoms with Crippen LogP contribution in [0, 0.1) is 0 Å². The minimum absolute atomic E-state index is 0.0165. The second-order valence-electron chi connectivity index (χ2n) is 6.06. The largest absolute Gasteiger partial charge is 0.493 e. The molecule has 2 heterocycles. The molecule has 23 heavy (non-hydrogen) atoms. The Bertz CT molecular complexity index is 590. The zero-order valence-electron chi connectivity index (χ0n) is 13.9. The van der Waals surface area contributed by atoms with Gasteiger partial charge >= 0.3 is 0 Å². The minimum Gasteiger partial charge on any atom is -0.493 e. The number of nitrogens with one attached hydrogen (secondary N) is 1. The first-order valence-corrected chi connectivity index (χ1v) is 8.02. The molecule has 1 aromatic rings. The van der Waals surface area contributed by atoms with Crippen LogP contribution in [0.3, 0.4) is 0 Å². The number of methoxy groups -OCH3 is 3. The number of carbonyl (C=O) groups excluding carboxylic acids is 1. The number of likely N-dealkylation sites (tertiary alicyclic amines) is 1. The van der Waals surface area contributed by atoms with Gasteiger partial charge in [-0.2, -0.15) is 0 Å². The highest BCUT2D eigenvalue weighted by atomic mass is 16.5. The summed E-state index contributed by atoms with van der Waals surface area (Å²) in [7, 11) is 4.65. The summed E-state index contributed by atoms with van der Waals surface area (Å²) < 4.78 is 16.1. The predicted octanol–water partition coefficient (Wildman–Crippen LogP) is 1.68. The monoisotopic (exact) mass is 320 g/mol. The summed E-state index contributed by atoms with van der Waals surface area (Å²) in [6, 6.07) is 4.44. The van der Waals surface area contributed by atoms with Gasteiger partial charge < -0.3 is 24.4 Å². The van der Waals surface area contributed by atoms with Gasteiger partial charge in [-0.25, -0.2) is 0 Å². The molecule has 2 bridgehead atoms. The van der Waals surface area contributed by atoms with Gasteiger partial charge in [0.2, 0.25) is 5.75 Å². The highest BCUT2D eigenvalue weighted by Crippen LogP contribution is 2.40. The van der Waals surface area contributed by atoms with Crippen molar-refractivity contribution in [3.63, 3.8) is 0 Å². The van der Waals surface area contributed by atoms with Crippen LogP contribution in [0.5, 0.6) is 17.2 Å². The van der Waals surface area contributed by atoms with Gasteiger partial charge in [0.1, 0.15) is 0 Å². The van der Waals surface area contributed by atoms with E-state index in [2.05, 4.69) is 5.32 Å². The standard InChI is InChI=1S/C17H24N2O4/c1-21-14-7-6-13(15(22-2)16(14)23-3)17(20)19-9-8-11-4-5-12(10-19)18-11/h6-7,11-12,18H,4-5,8-10H2,1-3H3. The molecule has 0 saturated carbocycles. The van der Waals surface area contributed by atoms with Crippen LogP contribution in [0.15, 0.2) is 12.1 Å². The summed E-state index contributed by atoms with van der Waals surface area (Å²) in [4.78, 5) is 14.9. The Labute approximate surface area is 136 Å². The van der Waals surface area contributed by atoms with Crippen molar-refractivity contribution in [1.82, 2.24) is 10.2 Å². The quantitative estimate of drug-likeness (QED) is 0.914. The second-order valence-corrected chi connectivity index (χ2v) is 6.06. The molecule has 0 aliphatic carbocycles. The average molecular weight is 320 g/mol. The Morgan fingerprint density at radius 3 is 2.48 bits per heavy atom. The second kappa shape index (κ2) is 6.66. The smallest absolute Gasteiger partial charge is 0.257 e. The molecule has 1 amide bonds. The molecule has 2 atom stereocenters. The molecule has 1 N–H and O–H groups in total. The third-order valence-electron chi connectivity index (χ3n) is 4.75. The van der Waals surface area contributed by atoms with E-state index < -0.39 is 0 Å². The van der Waals surface area contributed by atoms with Crippen LogP contribution < -0.4 is 19.5 Å². The van der Waals surface area contributed by atoms with E-state index in [1.54, 1.807) is 33.5 Å². The molecule has 2 aliphatic rings. The number of amides is 1. The number of fused-ring (bicyclic) bond motifs is 2. The molecule has 6 nitrogen and oxygen atoms in total. The zero-order valence-corrected chi connectivity index (χ0v) is 13.9. The van der Waals surface area contributed by atoms with E-state index in [0.29, 0.717) is 34.9 Å². The van der Waals surface area contributed by atoms with Gasteiger partial charge in [0, 0.05) is 25.2 Å². The maximum absolute atomic E-state index is 13.0. The Morgan fingerprint density at radius 2 is 1.78 bits per heavy atom. The summed E-state index contributed by atoms with van der Waals surface area (Å²) in [5.41, 5.74) is 0.517. The molecule has 126 valence electrons. The van der Waals surface area contributed by atoms with Crippen molar-refractivity contribution in [3.8, 4) is 17.2 Å². The zero-order chi connectivity index (χ0) is 16.4. The van der Waals surface area contributed by atoms with E-state index in [-0.39, 0.29) is 5.91 Å². The number of nitrogens with zero attached hydrogens (tertiary/aromatic N) is 1. The van der Waals surface area contributed by atoms with Gasteiger partial charge in [-0.15, -0.1) is 0 Å². The van der Waals surface area contributed by atoms with Crippen LogP contribution in [0.4, 0.5) is 0 Å². The summed E-state index contributed by atoms with van der Waals surface area (Å²) >= 11 is 0. The van der Waals surface area contributed by atoms with Crippen molar-refractivity contribution in [2.24, 2.45) is 0 Å². The third-order valence-corrected chi connectivity index (χ3v) is 4.75. The molecule has 0 spiro atoms. The summed E-state index contributed by atoms with van der Waals surface area (Å²) in [5, 5.41) is 3.59. The van der Waals surface area contributed by atoms with E-state index in [9.17, 15) is 4.79 Å². The number of rotatable bonds is 4. The Kier molecular flexibility index (Phi) is 4.61. The lowest BCUT2D eigenvalue weighted by molar-refractivity contribution is 0.0744. The highest BCUT2D eigenvalue weighted by Gasteiger charge is 2.33. The van der Waals surface area contributed by atoms with Crippen molar-refractivity contribution in [2.45, 2.75) is 31.3 Å². The Morgan fingerprint density at radius 1 is 1.04 bits per heavy atom. The summed E-state index contributed by atoms with van der Waals surface area (Å²) in [5.74, 6) is 1.42. The maximum Gasteiger partial charge on any atom is 0.257 e. The van der Waals surface area contributed by atoms with Gasteiger partial charge in [0.15, 0.2) is 11.5 Å². The Balaban J connectivity index is 1.89. The van der Waals surface area contributed by atoms with Crippen LogP contribution in [-0.2, 0) is 0 Å². The van der Waals surface area contributed by atoms with E-state index in [1.807, 2.05) is 4.90 Å². The third kappa shape index (κ3) is 2.95. The van der Waals surface area contributed by atoms with Crippen LogP contribution in [0.2, 0.25) is 0 Å². The SMILES string of the molecule is COc1ccc(C(=O)N2CCC3CCC(C2)N3)c(OC)c1OC. The van der Waals surface area contributed by atoms with Gasteiger partial charge in [-0.1, -0.05) is 0 Å². The normalized spacial score (nSPS) is 23.3. The van der Waals surface area contributed by atoms with E-state index >= 15 is 0 Å². The highest BCUT2D eigenvalue weighted by molar-refractivity contribution is 5.98. The molecule has 2 aliphatic heterocycles. The van der Waals surface area contributed by atoms with Gasteiger partial charge in [0.25, 0.3) is 5.91 Å². The van der Waals surface area contributed by atoms with Crippen LogP contribution in [0.25, 0.3) is 0 Å². The summed E-state index contributed by atoms with van der Waals surface area (Å²) in [6.07, 6.45) is 3.35. The maximum atomic E-state index is 13.0. The lowest BCUT2D eigenvalue weighted by Crippen LogP contribution is -2.39. The molecule has 0 aromatic heterocycles. The number of benzene rings is 1. The van der Waals surface area contributed by atoms with E-state index in [1.165, 1.54) is 6.42 Å². The van der Waals surface area contributed by atoms with E-state index in [0.717, 1.165) is 25.9 Å². The summed E-state index contributed by atoms with van der Waals surface area (Å²) in [6.45, 7) is 1.51. The van der Waals surface area contributed by atoms with Gasteiger partial charge in [-0.05, 0) is 31.4 Å². The molecule has 6 heteroatoms. The fourth-order valence-electron chi connectivity index (χ4n) is 3.57. The lowest BCUT2D eigenvalue weighted by Gasteiger charge is -2.25. The van der Waals surface area contributed by atoms with Gasteiger partial charge in [0.05, 0.1) is 26.9 Å². The van der Waals surface area contributed by atoms with Crippen molar-refractivity contribution in [2.75, 3.05) is 34.4 Å². The molecule has 2 unspecified atom stereocenters. The average Bonchev–Trinajstić information content (AvgIpc) is 2.91. The molecule has 1 aromatic carbocycles. The molecular weight excluding hydrogens is 296 g/mol. The van der Waals surface area contributed by atoms with Crippen LogP contribution >= 0.6 is 0 Å². The fraction of sp³-hybridized carbons (Fsp3) is 0.588. The first-order valence-electron chi connectivity index (χ1n) is 8.02. The van der Waals surface area contributed by atoms with E-state index in [4.69, 9.17) is 14.2 Å². The minimum atomic E-state index is -0.0165. The molecule has 2 saturated heterocycles. The fourth-order valence-corrected chi connectivity index (χ4v) is 3.57. The van der Waals surface area contributed by atoms with Crippen molar-refractivity contribution in [3.05, 3.63) is 17.7 Å². The van der Waals surface area contributed by atoms with Crippen LogP contribution in [0.1, 0.15) is 29.6 Å². The van der Waals surface area contributed by atoms with Crippen molar-refractivity contribution in [1.29, 1.82) is 0 Å². The van der Waals surface area contributed by atoms with Crippen molar-refractivity contribution < 1.29 is 19.0 Å². The number of ether oxygens (including phenoxy) is 3. The molecular formula is C17H24N2O4. The van der Waals surface area contributed by atoms with Gasteiger partial charge in [-0.3, -0.25) is 4.79 Å². The molecule has 0 radical (unpaired) electrons. The first kappa shape index (κ1) is 15.9. The topological polar surface area (TPSA) is 60.0 Å². The predicted molar refractivity (Wildman–Crippen MR) is 86.6 cm³/mol. The number of hydrogen-bond donors (Lipinski definition) is 1. The first-order chi connectivity index (χ1) is 11.2. The number of hydrogen-bond acceptors (Lipinski definition) is 5. The van der Waals surface area contributed by atoms with Crippen molar-refractivity contribution >= 4 is 5.91 Å². The Hall–Kier alpha value is -1.95.